The summed E-state index contributed by atoms with van der Waals surface area (Å²) in [5.41, 5.74) is 5.15. The fourth-order valence-corrected chi connectivity index (χ4v) is 1.59. The van der Waals surface area contributed by atoms with Crippen molar-refractivity contribution in [3.8, 4) is 0 Å². The second-order valence-corrected chi connectivity index (χ2v) is 5.17. The van der Waals surface area contributed by atoms with E-state index in [1.54, 1.807) is 0 Å². The van der Waals surface area contributed by atoms with Crippen molar-refractivity contribution in [2.45, 2.75) is 44.5 Å². The smallest absolute Gasteiger partial charge is 0.277 e. The Morgan fingerprint density at radius 3 is 2.76 bits per heavy atom. The molecule has 0 fully saturated rings. The standard InChI is InChI=1S/C10H18N4O2S/c1-4-10(2,3)12-7(15)6-17-9-14-13-8(5-11)16-9/h4-6,11H2,1-3H3,(H,12,15). The molecule has 0 aliphatic heterocycles. The zero-order valence-corrected chi connectivity index (χ0v) is 11.1. The number of hydrogen-bond donors (Lipinski definition) is 2. The van der Waals surface area contributed by atoms with Gasteiger partial charge in [0.2, 0.25) is 11.8 Å². The quantitative estimate of drug-likeness (QED) is 0.737. The summed E-state index contributed by atoms with van der Waals surface area (Å²) in [5, 5.41) is 10.8. The van der Waals surface area contributed by atoms with E-state index in [1.165, 1.54) is 11.8 Å². The maximum atomic E-state index is 11.6. The molecule has 0 aromatic carbocycles. The Bertz CT molecular complexity index is 378. The van der Waals surface area contributed by atoms with Crippen LogP contribution in [0.15, 0.2) is 9.64 Å². The van der Waals surface area contributed by atoms with E-state index in [-0.39, 0.29) is 23.7 Å². The number of nitrogens with two attached hydrogens (primary N) is 1. The summed E-state index contributed by atoms with van der Waals surface area (Å²) in [6, 6.07) is 0. The van der Waals surface area contributed by atoms with E-state index in [4.69, 9.17) is 10.2 Å². The number of nitrogens with zero attached hydrogens (tertiary/aromatic N) is 2. The molecule has 6 nitrogen and oxygen atoms in total. The molecule has 7 heteroatoms. The highest BCUT2D eigenvalue weighted by Gasteiger charge is 2.18. The van der Waals surface area contributed by atoms with Gasteiger partial charge in [-0.1, -0.05) is 18.7 Å². The van der Waals surface area contributed by atoms with E-state index >= 15 is 0 Å². The lowest BCUT2D eigenvalue weighted by Gasteiger charge is -2.24. The van der Waals surface area contributed by atoms with Gasteiger partial charge in [0.15, 0.2) is 0 Å². The minimum absolute atomic E-state index is 0.0469. The molecule has 1 aromatic rings. The zero-order valence-electron chi connectivity index (χ0n) is 10.3. The summed E-state index contributed by atoms with van der Waals surface area (Å²) in [6.07, 6.45) is 0.876. The Morgan fingerprint density at radius 2 is 2.24 bits per heavy atom. The number of carbonyl (C=O) groups excluding carboxylic acids is 1. The predicted octanol–water partition coefficient (Wildman–Crippen LogP) is 0.925. The lowest BCUT2D eigenvalue weighted by molar-refractivity contribution is -0.120. The SMILES string of the molecule is CCC(C)(C)NC(=O)CSc1nnc(CN)o1. The van der Waals surface area contributed by atoms with Crippen molar-refractivity contribution in [3.63, 3.8) is 0 Å². The Kier molecular flexibility index (Phi) is 4.95. The van der Waals surface area contributed by atoms with E-state index in [1.807, 2.05) is 20.8 Å². The Hall–Kier alpha value is -1.08. The molecule has 1 heterocycles. The summed E-state index contributed by atoms with van der Waals surface area (Å²) in [7, 11) is 0. The van der Waals surface area contributed by atoms with E-state index in [0.29, 0.717) is 11.1 Å². The van der Waals surface area contributed by atoms with Crippen molar-refractivity contribution in [3.05, 3.63) is 5.89 Å². The van der Waals surface area contributed by atoms with Gasteiger partial charge in [-0.3, -0.25) is 4.79 Å². The summed E-state index contributed by atoms with van der Waals surface area (Å²) < 4.78 is 5.18. The lowest BCUT2D eigenvalue weighted by atomic mass is 10.0. The third-order valence-electron chi connectivity index (χ3n) is 2.31. The van der Waals surface area contributed by atoms with Gasteiger partial charge in [-0.15, -0.1) is 10.2 Å². The maximum absolute atomic E-state index is 11.6. The van der Waals surface area contributed by atoms with E-state index in [2.05, 4.69) is 15.5 Å². The maximum Gasteiger partial charge on any atom is 0.277 e. The number of carbonyl (C=O) groups is 1. The number of amides is 1. The first-order valence-corrected chi connectivity index (χ1v) is 6.41. The van der Waals surface area contributed by atoms with Crippen molar-refractivity contribution >= 4 is 17.7 Å². The van der Waals surface area contributed by atoms with E-state index in [0.717, 1.165) is 6.42 Å². The van der Waals surface area contributed by atoms with Gasteiger partial charge in [-0.05, 0) is 20.3 Å². The second-order valence-electron chi connectivity index (χ2n) is 4.24. The van der Waals surface area contributed by atoms with Gasteiger partial charge in [-0.2, -0.15) is 0 Å². The van der Waals surface area contributed by atoms with Crippen LogP contribution in [0.25, 0.3) is 0 Å². The molecule has 96 valence electrons. The van der Waals surface area contributed by atoms with Crippen LogP contribution >= 0.6 is 11.8 Å². The summed E-state index contributed by atoms with van der Waals surface area (Å²) in [5.74, 6) is 0.589. The predicted molar refractivity (Wildman–Crippen MR) is 65.4 cm³/mol. The van der Waals surface area contributed by atoms with Crippen molar-refractivity contribution in [1.29, 1.82) is 0 Å². The van der Waals surface area contributed by atoms with Crippen LogP contribution in [-0.4, -0.2) is 27.4 Å². The molecule has 1 aromatic heterocycles. The highest BCUT2D eigenvalue weighted by molar-refractivity contribution is 7.99. The Morgan fingerprint density at radius 1 is 1.53 bits per heavy atom. The van der Waals surface area contributed by atoms with Crippen LogP contribution in [0.2, 0.25) is 0 Å². The summed E-state index contributed by atoms with van der Waals surface area (Å²) in [4.78, 5) is 11.6. The van der Waals surface area contributed by atoms with Crippen molar-refractivity contribution in [1.82, 2.24) is 15.5 Å². The fourth-order valence-electron chi connectivity index (χ4n) is 1.01. The van der Waals surface area contributed by atoms with E-state index in [9.17, 15) is 4.79 Å². The first kappa shape index (κ1) is 14.0. The first-order chi connectivity index (χ1) is 7.96. The van der Waals surface area contributed by atoms with Crippen molar-refractivity contribution < 1.29 is 9.21 Å². The largest absolute Gasteiger partial charge is 0.415 e. The molecule has 17 heavy (non-hydrogen) atoms. The molecular weight excluding hydrogens is 240 g/mol. The minimum Gasteiger partial charge on any atom is -0.415 e. The normalized spacial score (nSPS) is 11.5. The number of aromatic nitrogens is 2. The molecule has 0 unspecified atom stereocenters. The molecular formula is C10H18N4O2S. The topological polar surface area (TPSA) is 94.0 Å². The number of nitrogens with one attached hydrogen (secondary N) is 1. The molecule has 1 rings (SSSR count). The lowest BCUT2D eigenvalue weighted by Crippen LogP contribution is -2.43. The average Bonchev–Trinajstić information content (AvgIpc) is 2.74. The average molecular weight is 258 g/mol. The third kappa shape index (κ3) is 4.74. The first-order valence-electron chi connectivity index (χ1n) is 5.43. The van der Waals surface area contributed by atoms with Gasteiger partial charge in [0.1, 0.15) is 0 Å². The highest BCUT2D eigenvalue weighted by Crippen LogP contribution is 2.16. The molecule has 3 N–H and O–H groups in total. The van der Waals surface area contributed by atoms with Gasteiger partial charge < -0.3 is 15.5 Å². The van der Waals surface area contributed by atoms with Gasteiger partial charge in [0, 0.05) is 5.54 Å². The van der Waals surface area contributed by atoms with Gasteiger partial charge in [0.25, 0.3) is 5.22 Å². The molecule has 0 radical (unpaired) electrons. The molecule has 0 spiro atoms. The number of hydrogen-bond acceptors (Lipinski definition) is 6. The molecule has 0 atom stereocenters. The Balaban J connectivity index is 2.38. The van der Waals surface area contributed by atoms with Crippen LogP contribution in [0.4, 0.5) is 0 Å². The summed E-state index contributed by atoms with van der Waals surface area (Å²) in [6.45, 7) is 6.20. The van der Waals surface area contributed by atoms with Crippen LogP contribution in [0.3, 0.4) is 0 Å². The monoisotopic (exact) mass is 258 g/mol. The molecule has 0 aliphatic rings. The van der Waals surface area contributed by atoms with Crippen molar-refractivity contribution in [2.75, 3.05) is 5.75 Å². The minimum atomic E-state index is -0.186. The third-order valence-corrected chi connectivity index (χ3v) is 3.13. The molecule has 0 saturated carbocycles. The van der Waals surface area contributed by atoms with Gasteiger partial charge in [0.05, 0.1) is 12.3 Å². The second kappa shape index (κ2) is 6.02. The van der Waals surface area contributed by atoms with Crippen LogP contribution in [-0.2, 0) is 11.3 Å². The van der Waals surface area contributed by atoms with Gasteiger partial charge in [-0.25, -0.2) is 0 Å². The summed E-state index contributed by atoms with van der Waals surface area (Å²) >= 11 is 1.21. The van der Waals surface area contributed by atoms with E-state index < -0.39 is 0 Å². The van der Waals surface area contributed by atoms with Gasteiger partial charge >= 0.3 is 0 Å². The zero-order chi connectivity index (χ0) is 12.9. The molecule has 0 aliphatic carbocycles. The Labute approximate surface area is 105 Å². The fraction of sp³-hybridized carbons (Fsp3) is 0.700. The molecule has 0 bridgehead atoms. The van der Waals surface area contributed by atoms with Crippen LogP contribution in [0.1, 0.15) is 33.1 Å². The van der Waals surface area contributed by atoms with Crippen LogP contribution in [0, 0.1) is 0 Å². The van der Waals surface area contributed by atoms with Crippen LogP contribution in [0.5, 0.6) is 0 Å². The van der Waals surface area contributed by atoms with Crippen molar-refractivity contribution in [2.24, 2.45) is 5.73 Å². The number of rotatable bonds is 6. The van der Waals surface area contributed by atoms with Crippen LogP contribution < -0.4 is 11.1 Å². The number of thioether (sulfide) groups is 1. The molecule has 0 saturated heterocycles. The highest BCUT2D eigenvalue weighted by atomic mass is 32.2. The molecule has 1 amide bonds.